The van der Waals surface area contributed by atoms with Gasteiger partial charge >= 0.3 is 10.2 Å². The van der Waals surface area contributed by atoms with Crippen molar-refractivity contribution in [2.45, 2.75) is 12.8 Å². The molecule has 0 aliphatic carbocycles. The monoisotopic (exact) mass is 389 g/mol. The third kappa shape index (κ3) is 4.37. The van der Waals surface area contributed by atoms with E-state index in [1.165, 1.54) is 12.1 Å². The molecule has 2 aromatic rings. The van der Waals surface area contributed by atoms with Crippen LogP contribution in [-0.4, -0.2) is 38.4 Å². The van der Waals surface area contributed by atoms with Gasteiger partial charge in [-0.2, -0.15) is 8.42 Å². The molecule has 9 heteroatoms. The van der Waals surface area contributed by atoms with Gasteiger partial charge in [0.1, 0.15) is 12.3 Å². The first-order chi connectivity index (χ1) is 12.9. The molecule has 0 radical (unpaired) electrons. The van der Waals surface area contributed by atoms with Crippen LogP contribution in [0.15, 0.2) is 48.5 Å². The van der Waals surface area contributed by atoms with Crippen LogP contribution >= 0.6 is 0 Å². The Morgan fingerprint density at radius 3 is 2.56 bits per heavy atom. The normalized spacial score (nSPS) is 15.4. The number of rotatable bonds is 6. The van der Waals surface area contributed by atoms with Crippen LogP contribution < -0.4 is 14.3 Å². The number of carbonyl (C=O) groups is 2. The highest BCUT2D eigenvalue weighted by atomic mass is 32.2. The lowest BCUT2D eigenvalue weighted by molar-refractivity contribution is -0.117. The van der Waals surface area contributed by atoms with Gasteiger partial charge in [-0.05, 0) is 42.7 Å². The van der Waals surface area contributed by atoms with Gasteiger partial charge < -0.3 is 10.4 Å². The number of phenols is 1. The lowest BCUT2D eigenvalue weighted by Gasteiger charge is -2.16. The molecule has 2 aromatic carbocycles. The second kappa shape index (κ2) is 7.67. The van der Waals surface area contributed by atoms with E-state index in [9.17, 15) is 23.1 Å². The molecule has 1 saturated heterocycles. The zero-order valence-corrected chi connectivity index (χ0v) is 15.2. The van der Waals surface area contributed by atoms with Crippen molar-refractivity contribution in [3.05, 3.63) is 59.7 Å². The van der Waals surface area contributed by atoms with Gasteiger partial charge in [-0.25, -0.2) is 9.03 Å². The number of amides is 2. The first kappa shape index (κ1) is 18.7. The summed E-state index contributed by atoms with van der Waals surface area (Å²) in [5.74, 6) is -1.02. The molecule has 27 heavy (non-hydrogen) atoms. The van der Waals surface area contributed by atoms with Gasteiger partial charge in [0.05, 0.1) is 5.69 Å². The van der Waals surface area contributed by atoms with Crippen molar-refractivity contribution in [1.82, 2.24) is 10.0 Å². The van der Waals surface area contributed by atoms with Crippen molar-refractivity contribution in [2.75, 3.05) is 17.4 Å². The zero-order valence-electron chi connectivity index (χ0n) is 14.4. The molecule has 3 N–H and O–H groups in total. The molecular formula is C18H19N3O5S. The number of anilines is 1. The molecule has 2 amide bonds. The fourth-order valence-corrected chi connectivity index (χ4v) is 3.95. The molecular weight excluding hydrogens is 370 g/mol. The van der Waals surface area contributed by atoms with Crippen LogP contribution in [0.4, 0.5) is 5.69 Å². The molecule has 8 nitrogen and oxygen atoms in total. The number of benzene rings is 2. The van der Waals surface area contributed by atoms with Gasteiger partial charge in [-0.15, -0.1) is 0 Å². The Balaban J connectivity index is 1.55. The molecule has 1 fully saturated rings. The quantitative estimate of drug-likeness (QED) is 0.636. The number of hydrogen-bond donors (Lipinski definition) is 3. The first-order valence-corrected chi connectivity index (χ1v) is 9.79. The van der Waals surface area contributed by atoms with Gasteiger partial charge in [0, 0.05) is 12.1 Å². The molecule has 0 saturated carbocycles. The number of nitrogens with zero attached hydrogens (tertiary/aromatic N) is 1. The Hall–Kier alpha value is -3.07. The van der Waals surface area contributed by atoms with E-state index in [-0.39, 0.29) is 23.9 Å². The summed E-state index contributed by atoms with van der Waals surface area (Å²) in [6, 6.07) is 13.5. The Bertz CT molecular complexity index is 960. The fourth-order valence-electron chi connectivity index (χ4n) is 2.78. The maximum atomic E-state index is 11.9. The smallest absolute Gasteiger partial charge is 0.326 e. The standard InChI is InChI=1S/C18H19N3O5S/c22-16-11-13(5-4-10-19-18(24)14-6-2-1-3-7-14)8-9-15(16)21-12-17(23)20-27(21,25)26/h1-3,6-9,11,22H,4-5,10,12H2,(H,19,24)(H,20,23). The lowest BCUT2D eigenvalue weighted by atomic mass is 10.1. The van der Waals surface area contributed by atoms with E-state index in [0.717, 1.165) is 9.87 Å². The number of aryl methyl sites for hydroxylation is 1. The molecule has 1 aliphatic heterocycles. The van der Waals surface area contributed by atoms with Crippen LogP contribution in [0.3, 0.4) is 0 Å². The number of phenolic OH excluding ortho intramolecular Hbond substituents is 1. The molecule has 0 spiro atoms. The minimum absolute atomic E-state index is 0.0504. The third-order valence-electron chi connectivity index (χ3n) is 4.09. The van der Waals surface area contributed by atoms with Gasteiger partial charge in [0.25, 0.3) is 11.8 Å². The van der Waals surface area contributed by atoms with Gasteiger partial charge in [-0.1, -0.05) is 24.3 Å². The van der Waals surface area contributed by atoms with Crippen LogP contribution in [0.25, 0.3) is 0 Å². The minimum atomic E-state index is -3.96. The molecule has 142 valence electrons. The Morgan fingerprint density at radius 2 is 1.93 bits per heavy atom. The van der Waals surface area contributed by atoms with Gasteiger partial charge in [0.15, 0.2) is 0 Å². The largest absolute Gasteiger partial charge is 0.506 e. The molecule has 3 rings (SSSR count). The number of nitrogens with one attached hydrogen (secondary N) is 2. The molecule has 0 unspecified atom stereocenters. The van der Waals surface area contributed by atoms with E-state index in [4.69, 9.17) is 0 Å². The summed E-state index contributed by atoms with van der Waals surface area (Å²) in [5, 5.41) is 13.0. The van der Waals surface area contributed by atoms with Crippen molar-refractivity contribution in [1.29, 1.82) is 0 Å². The van der Waals surface area contributed by atoms with Crippen molar-refractivity contribution >= 4 is 27.7 Å². The van der Waals surface area contributed by atoms with Gasteiger partial charge in [0.2, 0.25) is 0 Å². The molecule has 1 heterocycles. The van der Waals surface area contributed by atoms with E-state index in [1.54, 1.807) is 30.3 Å². The van der Waals surface area contributed by atoms with Crippen LogP contribution in [0.1, 0.15) is 22.3 Å². The predicted octanol–water partition coefficient (Wildman–Crippen LogP) is 0.936. The fraction of sp³-hybridized carbons (Fsp3) is 0.222. The first-order valence-electron chi connectivity index (χ1n) is 8.35. The Kier molecular flexibility index (Phi) is 5.31. The van der Waals surface area contributed by atoms with Crippen LogP contribution in [0.2, 0.25) is 0 Å². The van der Waals surface area contributed by atoms with Crippen molar-refractivity contribution in [3.63, 3.8) is 0 Å². The maximum Gasteiger partial charge on any atom is 0.326 e. The van der Waals surface area contributed by atoms with Gasteiger partial charge in [-0.3, -0.25) is 9.59 Å². The summed E-state index contributed by atoms with van der Waals surface area (Å²) in [4.78, 5) is 23.2. The molecule has 0 aromatic heterocycles. The highest BCUT2D eigenvalue weighted by Crippen LogP contribution is 2.31. The minimum Gasteiger partial charge on any atom is -0.506 e. The van der Waals surface area contributed by atoms with E-state index in [2.05, 4.69) is 5.32 Å². The molecule has 0 atom stereocenters. The van der Waals surface area contributed by atoms with Crippen LogP contribution in [0, 0.1) is 0 Å². The zero-order chi connectivity index (χ0) is 19.4. The second-order valence-electron chi connectivity index (χ2n) is 6.09. The third-order valence-corrected chi connectivity index (χ3v) is 5.48. The topological polar surface area (TPSA) is 116 Å². The van der Waals surface area contributed by atoms with Crippen LogP contribution in [0.5, 0.6) is 5.75 Å². The van der Waals surface area contributed by atoms with Crippen molar-refractivity contribution in [2.24, 2.45) is 0 Å². The number of carbonyl (C=O) groups excluding carboxylic acids is 2. The highest BCUT2D eigenvalue weighted by Gasteiger charge is 2.35. The highest BCUT2D eigenvalue weighted by molar-refractivity contribution is 7.92. The lowest BCUT2D eigenvalue weighted by Crippen LogP contribution is -2.29. The summed E-state index contributed by atoms with van der Waals surface area (Å²) in [5.41, 5.74) is 1.44. The van der Waals surface area contributed by atoms with E-state index in [1.807, 2.05) is 10.8 Å². The van der Waals surface area contributed by atoms with Crippen molar-refractivity contribution in [3.8, 4) is 5.75 Å². The maximum absolute atomic E-state index is 11.9. The average molecular weight is 389 g/mol. The summed E-state index contributed by atoms with van der Waals surface area (Å²) in [7, 11) is -3.96. The Labute approximate surface area is 157 Å². The van der Waals surface area contributed by atoms with Crippen molar-refractivity contribution < 1.29 is 23.1 Å². The molecule has 1 aliphatic rings. The van der Waals surface area contributed by atoms with Crippen LogP contribution in [-0.2, 0) is 21.4 Å². The number of aromatic hydroxyl groups is 1. The summed E-state index contributed by atoms with van der Waals surface area (Å²) < 4.78 is 26.4. The summed E-state index contributed by atoms with van der Waals surface area (Å²) in [6.45, 7) is 0.107. The Morgan fingerprint density at radius 1 is 1.19 bits per heavy atom. The van der Waals surface area contributed by atoms with E-state index < -0.39 is 16.1 Å². The number of hydrogen-bond acceptors (Lipinski definition) is 5. The molecule has 0 bridgehead atoms. The predicted molar refractivity (Wildman–Crippen MR) is 99.6 cm³/mol. The second-order valence-corrected chi connectivity index (χ2v) is 7.68. The summed E-state index contributed by atoms with van der Waals surface area (Å²) in [6.07, 6.45) is 1.24. The van der Waals surface area contributed by atoms with E-state index >= 15 is 0 Å². The average Bonchev–Trinajstić information content (AvgIpc) is 2.91. The van der Waals surface area contributed by atoms with E-state index in [0.29, 0.717) is 24.9 Å². The summed E-state index contributed by atoms with van der Waals surface area (Å²) >= 11 is 0. The SMILES string of the molecule is O=C1CN(c2ccc(CCCNC(=O)c3ccccc3)cc2O)S(=O)(=O)N1.